The monoisotopic (exact) mass is 256 g/mol. The lowest BCUT2D eigenvalue weighted by molar-refractivity contribution is 0.260. The molecule has 2 aromatic carbocycles. The average Bonchev–Trinajstić information content (AvgIpc) is 2.81. The molecule has 0 saturated carbocycles. The zero-order chi connectivity index (χ0) is 12.5. The molecular formula is C14H9ClN2O. The number of ether oxygens (including phenoxy) is 1. The summed E-state index contributed by atoms with van der Waals surface area (Å²) < 4.78 is 5.77. The van der Waals surface area contributed by atoms with E-state index in [9.17, 15) is 0 Å². The second-order valence-corrected chi connectivity index (χ2v) is 4.45. The van der Waals surface area contributed by atoms with Crippen molar-refractivity contribution in [3.05, 3.63) is 58.6 Å². The molecular weight excluding hydrogens is 248 g/mol. The third-order valence-electron chi connectivity index (χ3n) is 2.82. The van der Waals surface area contributed by atoms with E-state index in [0.717, 1.165) is 17.0 Å². The number of nitriles is 1. The van der Waals surface area contributed by atoms with Crippen molar-refractivity contribution in [3.63, 3.8) is 0 Å². The van der Waals surface area contributed by atoms with Crippen LogP contribution in [0.15, 0.2) is 42.5 Å². The Morgan fingerprint density at radius 1 is 1.17 bits per heavy atom. The van der Waals surface area contributed by atoms with E-state index in [1.165, 1.54) is 0 Å². The first-order valence-corrected chi connectivity index (χ1v) is 5.87. The Hall–Kier alpha value is -2.18. The fourth-order valence-corrected chi connectivity index (χ4v) is 2.07. The number of hydrogen-bond acceptors (Lipinski definition) is 3. The van der Waals surface area contributed by atoms with Crippen LogP contribution < -0.4 is 10.1 Å². The van der Waals surface area contributed by atoms with Gasteiger partial charge in [-0.2, -0.15) is 5.26 Å². The minimum atomic E-state index is -0.230. The topological polar surface area (TPSA) is 45.0 Å². The van der Waals surface area contributed by atoms with E-state index in [1.54, 1.807) is 18.2 Å². The fourth-order valence-electron chi connectivity index (χ4n) is 1.90. The van der Waals surface area contributed by atoms with Gasteiger partial charge in [0.2, 0.25) is 0 Å². The summed E-state index contributed by atoms with van der Waals surface area (Å²) in [4.78, 5) is 0. The third kappa shape index (κ3) is 1.87. The highest BCUT2D eigenvalue weighted by molar-refractivity contribution is 6.30. The maximum atomic E-state index is 8.75. The Kier molecular flexibility index (Phi) is 2.58. The van der Waals surface area contributed by atoms with E-state index in [0.29, 0.717) is 10.6 Å². The second-order valence-electron chi connectivity index (χ2n) is 4.02. The van der Waals surface area contributed by atoms with Crippen LogP contribution in [-0.4, -0.2) is 0 Å². The molecule has 88 valence electrons. The van der Waals surface area contributed by atoms with Crippen LogP contribution in [0.4, 0.5) is 5.69 Å². The standard InChI is InChI=1S/C14H9ClN2O/c15-11-5-6-13-12(7-11)17-14(18-13)10-3-1-9(8-16)2-4-10/h1-7,14,17H/t14-/m0/s1. The van der Waals surface area contributed by atoms with Crippen LogP contribution in [0.3, 0.4) is 0 Å². The maximum absolute atomic E-state index is 8.75. The predicted molar refractivity (Wildman–Crippen MR) is 69.6 cm³/mol. The van der Waals surface area contributed by atoms with Gasteiger partial charge in [0.25, 0.3) is 0 Å². The number of benzene rings is 2. The van der Waals surface area contributed by atoms with Gasteiger partial charge in [-0.25, -0.2) is 0 Å². The molecule has 3 rings (SSSR count). The van der Waals surface area contributed by atoms with Crippen LogP contribution in [0.25, 0.3) is 0 Å². The van der Waals surface area contributed by atoms with Crippen molar-refractivity contribution in [3.8, 4) is 11.8 Å². The molecule has 0 unspecified atom stereocenters. The van der Waals surface area contributed by atoms with Gasteiger partial charge in [-0.3, -0.25) is 0 Å². The summed E-state index contributed by atoms with van der Waals surface area (Å²) >= 11 is 5.93. The molecule has 0 aromatic heterocycles. The Balaban J connectivity index is 1.87. The number of fused-ring (bicyclic) bond motifs is 1. The molecule has 1 aliphatic heterocycles. The molecule has 1 heterocycles. The van der Waals surface area contributed by atoms with Crippen molar-refractivity contribution in [1.29, 1.82) is 5.26 Å². The largest absolute Gasteiger partial charge is 0.464 e. The van der Waals surface area contributed by atoms with Gasteiger partial charge in [0.05, 0.1) is 17.3 Å². The first-order valence-electron chi connectivity index (χ1n) is 5.49. The average molecular weight is 257 g/mol. The number of anilines is 1. The Morgan fingerprint density at radius 2 is 1.94 bits per heavy atom. The smallest absolute Gasteiger partial charge is 0.196 e. The number of halogens is 1. The highest BCUT2D eigenvalue weighted by Crippen LogP contribution is 2.39. The normalized spacial score (nSPS) is 16.3. The molecule has 3 nitrogen and oxygen atoms in total. The van der Waals surface area contributed by atoms with Crippen molar-refractivity contribution in [2.75, 3.05) is 5.32 Å². The van der Waals surface area contributed by atoms with Crippen LogP contribution in [0.2, 0.25) is 5.02 Å². The summed E-state index contributed by atoms with van der Waals surface area (Å²) in [5.74, 6) is 0.786. The van der Waals surface area contributed by atoms with E-state index >= 15 is 0 Å². The van der Waals surface area contributed by atoms with Gasteiger partial charge >= 0.3 is 0 Å². The van der Waals surface area contributed by atoms with Crippen molar-refractivity contribution >= 4 is 17.3 Å². The summed E-state index contributed by atoms with van der Waals surface area (Å²) in [6.07, 6.45) is -0.230. The lowest BCUT2D eigenvalue weighted by atomic mass is 10.1. The molecule has 4 heteroatoms. The minimum absolute atomic E-state index is 0.230. The van der Waals surface area contributed by atoms with Gasteiger partial charge in [-0.05, 0) is 30.3 Å². The molecule has 0 spiro atoms. The van der Waals surface area contributed by atoms with E-state index in [1.807, 2.05) is 24.3 Å². The lowest BCUT2D eigenvalue weighted by Crippen LogP contribution is -2.09. The minimum Gasteiger partial charge on any atom is -0.464 e. The number of hydrogen-bond donors (Lipinski definition) is 1. The predicted octanol–water partition coefficient (Wildman–Crippen LogP) is 3.71. The Morgan fingerprint density at radius 3 is 2.67 bits per heavy atom. The van der Waals surface area contributed by atoms with E-state index in [-0.39, 0.29) is 6.23 Å². The van der Waals surface area contributed by atoms with Crippen molar-refractivity contribution < 1.29 is 4.74 Å². The van der Waals surface area contributed by atoms with Crippen LogP contribution >= 0.6 is 11.6 Å². The summed E-state index contributed by atoms with van der Waals surface area (Å²) in [6.45, 7) is 0. The van der Waals surface area contributed by atoms with Crippen LogP contribution in [0.1, 0.15) is 17.4 Å². The van der Waals surface area contributed by atoms with Gasteiger partial charge in [0, 0.05) is 10.6 Å². The first-order chi connectivity index (χ1) is 8.76. The van der Waals surface area contributed by atoms with Crippen LogP contribution in [0.5, 0.6) is 5.75 Å². The molecule has 0 aliphatic carbocycles. The molecule has 18 heavy (non-hydrogen) atoms. The van der Waals surface area contributed by atoms with E-state index in [2.05, 4.69) is 11.4 Å². The van der Waals surface area contributed by atoms with E-state index < -0.39 is 0 Å². The van der Waals surface area contributed by atoms with Gasteiger partial charge in [-0.1, -0.05) is 23.7 Å². The van der Waals surface area contributed by atoms with Crippen molar-refractivity contribution in [1.82, 2.24) is 0 Å². The molecule has 1 aliphatic rings. The number of rotatable bonds is 1. The second kappa shape index (κ2) is 4.25. The fraction of sp³-hybridized carbons (Fsp3) is 0.0714. The van der Waals surface area contributed by atoms with Crippen molar-refractivity contribution in [2.24, 2.45) is 0 Å². The summed E-state index contributed by atoms with van der Waals surface area (Å²) in [6, 6.07) is 14.9. The maximum Gasteiger partial charge on any atom is 0.196 e. The summed E-state index contributed by atoms with van der Waals surface area (Å²) in [5, 5.41) is 12.7. The quantitative estimate of drug-likeness (QED) is 0.846. The molecule has 1 N–H and O–H groups in total. The molecule has 0 radical (unpaired) electrons. The summed E-state index contributed by atoms with van der Waals surface area (Å²) in [7, 11) is 0. The van der Waals surface area contributed by atoms with Gasteiger partial charge < -0.3 is 10.1 Å². The SMILES string of the molecule is N#Cc1ccc([C@H]2Nc3cc(Cl)ccc3O2)cc1. The highest BCUT2D eigenvalue weighted by Gasteiger charge is 2.23. The zero-order valence-corrected chi connectivity index (χ0v) is 10.1. The molecule has 2 aromatic rings. The third-order valence-corrected chi connectivity index (χ3v) is 3.05. The number of nitrogens with one attached hydrogen (secondary N) is 1. The number of nitrogens with zero attached hydrogens (tertiary/aromatic N) is 1. The molecule has 0 saturated heterocycles. The molecule has 0 bridgehead atoms. The highest BCUT2D eigenvalue weighted by atomic mass is 35.5. The van der Waals surface area contributed by atoms with Crippen molar-refractivity contribution in [2.45, 2.75) is 6.23 Å². The van der Waals surface area contributed by atoms with Crippen LogP contribution in [0, 0.1) is 11.3 Å². The summed E-state index contributed by atoms with van der Waals surface area (Å²) in [5.41, 5.74) is 2.50. The van der Waals surface area contributed by atoms with Gasteiger partial charge in [-0.15, -0.1) is 0 Å². The molecule has 0 amide bonds. The Bertz CT molecular complexity index is 631. The lowest BCUT2D eigenvalue weighted by Gasteiger charge is -2.11. The first kappa shape index (κ1) is 10.9. The van der Waals surface area contributed by atoms with E-state index in [4.69, 9.17) is 21.6 Å². The Labute approximate surface area is 110 Å². The zero-order valence-electron chi connectivity index (χ0n) is 9.35. The van der Waals surface area contributed by atoms with Gasteiger partial charge in [0.1, 0.15) is 5.75 Å². The van der Waals surface area contributed by atoms with Crippen LogP contribution in [-0.2, 0) is 0 Å². The molecule has 0 fully saturated rings. The molecule has 1 atom stereocenters. The van der Waals surface area contributed by atoms with Gasteiger partial charge in [0.15, 0.2) is 6.23 Å².